The number of carbonyl (C=O) groups is 2. The molecular weight excluding hydrogens is 258 g/mol. The Morgan fingerprint density at radius 2 is 1.50 bits per heavy atom. The summed E-state index contributed by atoms with van der Waals surface area (Å²) in [6.07, 6.45) is 4.81. The third-order valence-electron chi connectivity index (χ3n) is 2.88. The number of esters is 1. The lowest BCUT2D eigenvalue weighted by Gasteiger charge is -2.04. The Balaban J connectivity index is 2.05. The van der Waals surface area contributed by atoms with E-state index in [-0.39, 0.29) is 12.4 Å². The number of carboxylic acids is 1. The summed E-state index contributed by atoms with van der Waals surface area (Å²) in [4.78, 5) is 21.8. The molecule has 0 spiro atoms. The molecule has 0 aliphatic heterocycles. The molecule has 0 saturated carbocycles. The zero-order chi connectivity index (χ0) is 14.8. The number of carboxylic acid groups (broad SMARTS) is 1. The number of benzene rings is 1. The minimum absolute atomic E-state index is 0.221. The Morgan fingerprint density at radius 3 is 2.10 bits per heavy atom. The average molecular weight is 279 g/mol. The highest BCUT2D eigenvalue weighted by Crippen LogP contribution is 2.14. The maximum Gasteiger partial charge on any atom is 0.311 e. The lowest BCUT2D eigenvalue weighted by molar-refractivity contribution is -0.137. The zero-order valence-corrected chi connectivity index (χ0v) is 11.5. The van der Waals surface area contributed by atoms with Gasteiger partial charge in [-0.25, -0.2) is 0 Å². The predicted molar refractivity (Wildman–Crippen MR) is 76.4 cm³/mol. The Morgan fingerprint density at radius 1 is 0.950 bits per heavy atom. The Labute approximate surface area is 118 Å². The van der Waals surface area contributed by atoms with E-state index in [1.807, 2.05) is 0 Å². The van der Waals surface area contributed by atoms with E-state index in [0.717, 1.165) is 25.7 Å². The Bertz CT molecular complexity index is 428. The molecule has 0 unspecified atom stereocenters. The second kappa shape index (κ2) is 8.96. The van der Waals surface area contributed by atoms with Gasteiger partial charge in [0.05, 0.1) is 0 Å². The summed E-state index contributed by atoms with van der Waals surface area (Å²) in [5.74, 6) is -0.497. The molecule has 0 aliphatic carbocycles. The normalized spacial score (nSPS) is 10.2. The van der Waals surface area contributed by atoms with Crippen molar-refractivity contribution in [1.82, 2.24) is 0 Å². The van der Waals surface area contributed by atoms with Crippen LogP contribution in [-0.2, 0) is 9.59 Å². The molecule has 0 atom stereocenters. The van der Waals surface area contributed by atoms with Crippen LogP contribution in [0.1, 0.15) is 44.9 Å². The highest BCUT2D eigenvalue weighted by Gasteiger charge is 2.04. The summed E-state index contributed by atoms with van der Waals surface area (Å²) < 4.78 is 5.16. The topological polar surface area (TPSA) is 89.6 Å². The highest BCUT2D eigenvalue weighted by atomic mass is 16.5. The molecule has 1 aromatic carbocycles. The van der Waals surface area contributed by atoms with Crippen LogP contribution >= 0.6 is 0 Å². The number of aliphatic carboxylic acids is 1. The number of nitrogens with two attached hydrogens (primary N) is 1. The van der Waals surface area contributed by atoms with Gasteiger partial charge in [-0.15, -0.1) is 0 Å². The number of nitrogen functional groups attached to an aromatic ring is 1. The molecule has 110 valence electrons. The minimum Gasteiger partial charge on any atom is -0.481 e. The summed E-state index contributed by atoms with van der Waals surface area (Å²) in [5.41, 5.74) is 6.17. The number of ether oxygens (including phenoxy) is 1. The van der Waals surface area contributed by atoms with Gasteiger partial charge in [-0.1, -0.05) is 19.3 Å². The summed E-state index contributed by atoms with van der Waals surface area (Å²) >= 11 is 0. The third kappa shape index (κ3) is 7.41. The fraction of sp³-hybridized carbons (Fsp3) is 0.467. The predicted octanol–water partition coefficient (Wildman–Crippen LogP) is 2.99. The van der Waals surface area contributed by atoms with Crippen molar-refractivity contribution in [2.24, 2.45) is 0 Å². The van der Waals surface area contributed by atoms with E-state index in [9.17, 15) is 9.59 Å². The Kier molecular flexibility index (Phi) is 7.17. The van der Waals surface area contributed by atoms with Crippen molar-refractivity contribution in [3.05, 3.63) is 24.3 Å². The van der Waals surface area contributed by atoms with Crippen molar-refractivity contribution in [3.8, 4) is 5.75 Å². The number of anilines is 1. The van der Waals surface area contributed by atoms with Crippen LogP contribution in [0.2, 0.25) is 0 Å². The molecule has 0 amide bonds. The van der Waals surface area contributed by atoms with Crippen molar-refractivity contribution >= 4 is 17.6 Å². The van der Waals surface area contributed by atoms with Gasteiger partial charge in [-0.2, -0.15) is 0 Å². The molecule has 1 aromatic rings. The molecule has 0 radical (unpaired) electrons. The number of hydrogen-bond acceptors (Lipinski definition) is 4. The Hall–Kier alpha value is -2.04. The first-order chi connectivity index (χ1) is 9.58. The van der Waals surface area contributed by atoms with Gasteiger partial charge >= 0.3 is 11.9 Å². The van der Waals surface area contributed by atoms with Crippen molar-refractivity contribution in [2.45, 2.75) is 44.9 Å². The first-order valence-electron chi connectivity index (χ1n) is 6.86. The van der Waals surface area contributed by atoms with Gasteiger partial charge in [-0.05, 0) is 37.1 Å². The van der Waals surface area contributed by atoms with Crippen LogP contribution in [0.25, 0.3) is 0 Å². The zero-order valence-electron chi connectivity index (χ0n) is 11.5. The lowest BCUT2D eigenvalue weighted by atomic mass is 10.1. The minimum atomic E-state index is -0.753. The van der Waals surface area contributed by atoms with E-state index in [1.54, 1.807) is 24.3 Å². The van der Waals surface area contributed by atoms with Crippen LogP contribution in [0.15, 0.2) is 24.3 Å². The van der Waals surface area contributed by atoms with Crippen LogP contribution in [-0.4, -0.2) is 17.0 Å². The number of rotatable bonds is 9. The summed E-state index contributed by atoms with van der Waals surface area (Å²) in [7, 11) is 0. The lowest BCUT2D eigenvalue weighted by Crippen LogP contribution is -2.07. The van der Waals surface area contributed by atoms with Gasteiger partial charge in [0.15, 0.2) is 0 Å². The van der Waals surface area contributed by atoms with Crippen molar-refractivity contribution < 1.29 is 19.4 Å². The van der Waals surface area contributed by atoms with E-state index < -0.39 is 5.97 Å². The van der Waals surface area contributed by atoms with Crippen LogP contribution in [0.3, 0.4) is 0 Å². The largest absolute Gasteiger partial charge is 0.481 e. The quantitative estimate of drug-likeness (QED) is 0.314. The molecular formula is C15H21NO4. The monoisotopic (exact) mass is 279 g/mol. The second-order valence-electron chi connectivity index (χ2n) is 4.70. The molecule has 3 N–H and O–H groups in total. The van der Waals surface area contributed by atoms with Crippen LogP contribution in [0.5, 0.6) is 5.75 Å². The standard InChI is InChI=1S/C15H21NO4/c16-12-8-10-13(11-9-12)20-15(19)7-5-3-1-2-4-6-14(17)18/h8-11H,1-7,16H2,(H,17,18). The van der Waals surface area contributed by atoms with Crippen LogP contribution in [0.4, 0.5) is 5.69 Å². The molecule has 0 aromatic heterocycles. The van der Waals surface area contributed by atoms with Gasteiger partial charge in [0.25, 0.3) is 0 Å². The van der Waals surface area contributed by atoms with Crippen LogP contribution in [0, 0.1) is 0 Å². The van der Waals surface area contributed by atoms with Crippen LogP contribution < -0.4 is 10.5 Å². The molecule has 0 aliphatic rings. The van der Waals surface area contributed by atoms with Gasteiger partial charge in [-0.3, -0.25) is 9.59 Å². The maximum absolute atomic E-state index is 11.5. The van der Waals surface area contributed by atoms with Crippen molar-refractivity contribution in [1.29, 1.82) is 0 Å². The molecule has 1 rings (SSSR count). The van der Waals surface area contributed by atoms with E-state index in [0.29, 0.717) is 24.3 Å². The smallest absolute Gasteiger partial charge is 0.311 e. The summed E-state index contributed by atoms with van der Waals surface area (Å²) in [6, 6.07) is 6.70. The van der Waals surface area contributed by atoms with Gasteiger partial charge < -0.3 is 15.6 Å². The molecule has 0 heterocycles. The highest BCUT2D eigenvalue weighted by molar-refractivity contribution is 5.72. The molecule has 5 nitrogen and oxygen atoms in total. The molecule has 20 heavy (non-hydrogen) atoms. The fourth-order valence-corrected chi connectivity index (χ4v) is 1.79. The molecule has 0 bridgehead atoms. The van der Waals surface area contributed by atoms with Gasteiger partial charge in [0.2, 0.25) is 0 Å². The van der Waals surface area contributed by atoms with Crippen molar-refractivity contribution in [2.75, 3.05) is 5.73 Å². The number of unbranched alkanes of at least 4 members (excludes halogenated alkanes) is 4. The van der Waals surface area contributed by atoms with Gasteiger partial charge in [0, 0.05) is 18.5 Å². The second-order valence-corrected chi connectivity index (χ2v) is 4.70. The first kappa shape index (κ1) is 16.0. The summed E-state index contributed by atoms with van der Waals surface area (Å²) in [5, 5.41) is 8.48. The van der Waals surface area contributed by atoms with E-state index in [4.69, 9.17) is 15.6 Å². The van der Waals surface area contributed by atoms with E-state index in [1.165, 1.54) is 0 Å². The maximum atomic E-state index is 11.5. The van der Waals surface area contributed by atoms with Gasteiger partial charge in [0.1, 0.15) is 5.75 Å². The first-order valence-corrected chi connectivity index (χ1v) is 6.86. The molecule has 5 heteroatoms. The SMILES string of the molecule is Nc1ccc(OC(=O)CCCCCCCC(=O)O)cc1. The van der Waals surface area contributed by atoms with Crippen molar-refractivity contribution in [3.63, 3.8) is 0 Å². The number of hydrogen-bond donors (Lipinski definition) is 2. The third-order valence-corrected chi connectivity index (χ3v) is 2.88. The number of carbonyl (C=O) groups excluding carboxylic acids is 1. The molecule has 0 fully saturated rings. The van der Waals surface area contributed by atoms with E-state index >= 15 is 0 Å². The average Bonchev–Trinajstić information content (AvgIpc) is 2.40. The summed E-state index contributed by atoms with van der Waals surface area (Å²) in [6.45, 7) is 0. The van der Waals surface area contributed by atoms with E-state index in [2.05, 4.69) is 0 Å². The fourth-order valence-electron chi connectivity index (χ4n) is 1.79. The molecule has 0 saturated heterocycles.